The van der Waals surface area contributed by atoms with Crippen LogP contribution in [0.15, 0.2) is 9.72 Å². The number of thiazole rings is 1. The van der Waals surface area contributed by atoms with E-state index in [0.717, 1.165) is 0 Å². The van der Waals surface area contributed by atoms with Gasteiger partial charge < -0.3 is 19.8 Å². The van der Waals surface area contributed by atoms with Crippen molar-refractivity contribution in [2.75, 3.05) is 20.3 Å². The second kappa shape index (κ2) is 8.86. The van der Waals surface area contributed by atoms with Gasteiger partial charge in [-0.2, -0.15) is 0 Å². The van der Waals surface area contributed by atoms with Crippen molar-refractivity contribution >= 4 is 35.0 Å². The minimum Gasteiger partial charge on any atom is -0.458 e. The highest BCUT2D eigenvalue weighted by atomic mass is 32.2. The maximum Gasteiger partial charge on any atom is 0.359 e. The monoisotopic (exact) mass is 398 g/mol. The summed E-state index contributed by atoms with van der Waals surface area (Å²) < 4.78 is 5.54. The summed E-state index contributed by atoms with van der Waals surface area (Å²) in [6.07, 6.45) is 4.96. The molecule has 2 N–H and O–H groups in total. The summed E-state index contributed by atoms with van der Waals surface area (Å²) in [5, 5.41) is 18.3. The number of thioether (sulfide) groups is 1. The van der Waals surface area contributed by atoms with Crippen LogP contribution < -0.4 is 0 Å². The largest absolute Gasteiger partial charge is 0.458 e. The fourth-order valence-electron chi connectivity index (χ4n) is 3.11. The van der Waals surface area contributed by atoms with Gasteiger partial charge in [0.2, 0.25) is 5.91 Å². The van der Waals surface area contributed by atoms with Crippen molar-refractivity contribution in [3.63, 3.8) is 0 Å². The van der Waals surface area contributed by atoms with Crippen molar-refractivity contribution in [2.45, 2.75) is 35.5 Å². The lowest BCUT2D eigenvalue weighted by molar-refractivity contribution is -0.164. The molecule has 2 unspecified atom stereocenters. The summed E-state index contributed by atoms with van der Waals surface area (Å²) in [5.41, 5.74) is 1.71. The molecule has 0 radical (unpaired) electrons. The van der Waals surface area contributed by atoms with E-state index < -0.39 is 18.0 Å². The Balaban J connectivity index is 2.13. The summed E-state index contributed by atoms with van der Waals surface area (Å²) in [6, 6.07) is -0.172. The molecule has 1 saturated heterocycles. The smallest absolute Gasteiger partial charge is 0.359 e. The first-order valence-corrected chi connectivity index (χ1v) is 9.88. The molecule has 2 heterocycles. The summed E-state index contributed by atoms with van der Waals surface area (Å²) in [7, 11) is 1.70. The van der Waals surface area contributed by atoms with Gasteiger partial charge in [0.1, 0.15) is 6.61 Å². The number of β-lactam (4-membered cyclic amide) rings is 1. The minimum atomic E-state index is -0.748. The Morgan fingerprint density at radius 3 is 2.85 bits per heavy atom. The quantitative estimate of drug-likeness (QED) is 0.290. The van der Waals surface area contributed by atoms with Crippen molar-refractivity contribution in [3.05, 3.63) is 11.2 Å². The maximum atomic E-state index is 12.0. The van der Waals surface area contributed by atoms with E-state index in [1.54, 1.807) is 18.9 Å². The Hall–Kier alpha value is -1.60. The number of aliphatic hydroxyl groups is 2. The van der Waals surface area contributed by atoms with Crippen molar-refractivity contribution in [1.82, 2.24) is 9.88 Å². The zero-order chi connectivity index (χ0) is 19.4. The Bertz CT molecular complexity index is 700. The Morgan fingerprint density at radius 2 is 2.27 bits per heavy atom. The van der Waals surface area contributed by atoms with Gasteiger partial charge in [0.25, 0.3) is 0 Å². The zero-order valence-corrected chi connectivity index (χ0v) is 16.4. The number of terminal acetylenes is 1. The van der Waals surface area contributed by atoms with Crippen LogP contribution in [0.5, 0.6) is 0 Å². The lowest BCUT2D eigenvalue weighted by Crippen LogP contribution is -2.65. The number of aliphatic hydroxyl groups excluding tert-OH is 2. The molecule has 0 aromatic carbocycles. The van der Waals surface area contributed by atoms with Crippen LogP contribution in [0, 0.1) is 24.2 Å². The van der Waals surface area contributed by atoms with Crippen LogP contribution in [0.1, 0.15) is 24.3 Å². The highest BCUT2D eigenvalue weighted by molar-refractivity contribution is 8.02. The fraction of sp³-hybridized carbons (Fsp3) is 0.588. The Labute approximate surface area is 160 Å². The van der Waals surface area contributed by atoms with E-state index in [-0.39, 0.29) is 42.0 Å². The number of ether oxygens (including phenoxy) is 1. The molecule has 0 bridgehead atoms. The normalized spacial score (nSPS) is 22.9. The van der Waals surface area contributed by atoms with E-state index in [4.69, 9.17) is 16.3 Å². The van der Waals surface area contributed by atoms with Crippen molar-refractivity contribution in [3.8, 4) is 12.3 Å². The molecule has 5 atom stereocenters. The number of nitrogens with zero attached hydrogens (tertiary/aromatic N) is 2. The number of hydrogen-bond donors (Lipinski definition) is 2. The Kier molecular flexibility index (Phi) is 7.06. The lowest BCUT2D eigenvalue weighted by Gasteiger charge is -2.50. The molecule has 1 aromatic heterocycles. The van der Waals surface area contributed by atoms with Gasteiger partial charge >= 0.3 is 5.97 Å². The van der Waals surface area contributed by atoms with Gasteiger partial charge in [0.15, 0.2) is 5.69 Å². The van der Waals surface area contributed by atoms with E-state index in [1.165, 1.54) is 28.6 Å². The van der Waals surface area contributed by atoms with Crippen LogP contribution in [0.4, 0.5) is 0 Å². The number of amides is 1. The van der Waals surface area contributed by atoms with E-state index in [2.05, 4.69) is 10.9 Å². The number of esters is 1. The Morgan fingerprint density at radius 1 is 1.58 bits per heavy atom. The van der Waals surface area contributed by atoms with Crippen LogP contribution in [0.25, 0.3) is 0 Å². The van der Waals surface area contributed by atoms with Crippen LogP contribution >= 0.6 is 23.1 Å². The molecule has 9 heteroatoms. The minimum absolute atomic E-state index is 0.0938. The molecular weight excluding hydrogens is 376 g/mol. The third-order valence-corrected chi connectivity index (χ3v) is 6.86. The number of carbonyl (C=O) groups is 2. The molecular formula is C17H22N2O5S2. The van der Waals surface area contributed by atoms with E-state index in [1.807, 2.05) is 6.92 Å². The SMILES string of the molecule is C#CC(Sc1scnc1C(=O)OCCO)[C@H](C)C1[C@@H]([C@@H](C)O)C(=O)N1C. The van der Waals surface area contributed by atoms with Crippen LogP contribution in [-0.2, 0) is 9.53 Å². The first kappa shape index (κ1) is 20.7. The molecule has 1 fully saturated rings. The predicted octanol–water partition coefficient (Wildman–Crippen LogP) is 0.860. The number of likely N-dealkylation sites (tertiary alicyclic amines) is 1. The van der Waals surface area contributed by atoms with E-state index in [0.29, 0.717) is 4.21 Å². The zero-order valence-electron chi connectivity index (χ0n) is 14.8. The molecule has 7 nitrogen and oxygen atoms in total. The molecule has 1 aromatic rings. The van der Waals surface area contributed by atoms with E-state index in [9.17, 15) is 14.7 Å². The first-order valence-electron chi connectivity index (χ1n) is 8.12. The van der Waals surface area contributed by atoms with Crippen LogP contribution in [0.3, 0.4) is 0 Å². The standard InChI is InChI=1S/C17H22N2O5S2/c1-5-11(9(2)14-12(10(3)21)15(22)19(14)4)26-17-13(18-8-25-17)16(23)24-7-6-20/h1,8-12,14,20-21H,6-7H2,2-4H3/t9-,10+,11?,12+,14?/m0/s1. The average Bonchev–Trinajstić information content (AvgIpc) is 3.08. The molecule has 0 spiro atoms. The maximum absolute atomic E-state index is 12.0. The number of carbonyl (C=O) groups excluding carboxylic acids is 2. The summed E-state index contributed by atoms with van der Waals surface area (Å²) in [4.78, 5) is 29.7. The predicted molar refractivity (Wildman–Crippen MR) is 98.9 cm³/mol. The number of hydrogen-bond acceptors (Lipinski definition) is 8. The van der Waals surface area contributed by atoms with Crippen molar-refractivity contribution in [1.29, 1.82) is 0 Å². The van der Waals surface area contributed by atoms with Crippen molar-refractivity contribution in [2.24, 2.45) is 11.8 Å². The summed E-state index contributed by atoms with van der Waals surface area (Å²) in [6.45, 7) is 3.18. The molecule has 142 valence electrons. The third kappa shape index (κ3) is 4.04. The van der Waals surface area contributed by atoms with Gasteiger partial charge in [-0.05, 0) is 6.92 Å². The van der Waals surface area contributed by atoms with Crippen LogP contribution in [0.2, 0.25) is 0 Å². The molecule has 0 saturated carbocycles. The topological polar surface area (TPSA) is 100.0 Å². The second-order valence-electron chi connectivity index (χ2n) is 6.12. The molecule has 1 aliphatic heterocycles. The molecule has 1 amide bonds. The van der Waals surface area contributed by atoms with Gasteiger partial charge in [-0.3, -0.25) is 4.79 Å². The van der Waals surface area contributed by atoms with Gasteiger partial charge in [0.05, 0.1) is 39.6 Å². The van der Waals surface area contributed by atoms with Gasteiger partial charge in [-0.1, -0.05) is 24.6 Å². The van der Waals surface area contributed by atoms with E-state index >= 15 is 0 Å². The average molecular weight is 399 g/mol. The van der Waals surface area contributed by atoms with Gasteiger partial charge in [0, 0.05) is 13.0 Å². The first-order chi connectivity index (χ1) is 12.3. The van der Waals surface area contributed by atoms with Gasteiger partial charge in [-0.25, -0.2) is 9.78 Å². The third-order valence-electron chi connectivity index (χ3n) is 4.43. The molecule has 1 aliphatic rings. The van der Waals surface area contributed by atoms with Crippen molar-refractivity contribution < 1.29 is 24.5 Å². The molecule has 2 rings (SSSR count). The molecule has 26 heavy (non-hydrogen) atoms. The summed E-state index contributed by atoms with van der Waals surface area (Å²) in [5.74, 6) is 1.45. The highest BCUT2D eigenvalue weighted by Gasteiger charge is 2.51. The fourth-order valence-corrected chi connectivity index (χ4v) is 5.19. The second-order valence-corrected chi connectivity index (χ2v) is 8.38. The van der Waals surface area contributed by atoms with Crippen LogP contribution in [-0.4, -0.2) is 69.6 Å². The highest BCUT2D eigenvalue weighted by Crippen LogP contribution is 2.41. The number of rotatable bonds is 8. The lowest BCUT2D eigenvalue weighted by atomic mass is 9.76. The number of aromatic nitrogens is 1. The van der Waals surface area contributed by atoms with Gasteiger partial charge in [-0.15, -0.1) is 17.8 Å². The summed E-state index contributed by atoms with van der Waals surface area (Å²) >= 11 is 2.60. The molecule has 0 aliphatic carbocycles.